The lowest BCUT2D eigenvalue weighted by molar-refractivity contribution is 0.0521. The molecule has 0 fully saturated rings. The molecule has 3 rings (SSSR count). The largest absolute Gasteiger partial charge is 0.462 e. The van der Waals surface area contributed by atoms with Crippen LogP contribution in [0.4, 0.5) is 5.69 Å². The van der Waals surface area contributed by atoms with Crippen molar-refractivity contribution < 1.29 is 19.1 Å². The average Bonchev–Trinajstić information content (AvgIpc) is 3.02. The summed E-state index contributed by atoms with van der Waals surface area (Å²) in [6, 6.07) is 3.82. The van der Waals surface area contributed by atoms with Gasteiger partial charge in [0.05, 0.1) is 34.6 Å². The van der Waals surface area contributed by atoms with E-state index in [0.29, 0.717) is 26.3 Å². The molecule has 6 nitrogen and oxygen atoms in total. The number of hydrogen-bond donors (Lipinski definition) is 1. The number of pyridine rings is 1. The topological polar surface area (TPSA) is 83.0 Å². The minimum absolute atomic E-state index is 0.262. The maximum atomic E-state index is 12.5. The quantitative estimate of drug-likeness (QED) is 0.732. The van der Waals surface area contributed by atoms with E-state index in [4.69, 9.17) is 15.2 Å². The number of nitrogens with two attached hydrogens (primary N) is 1. The zero-order chi connectivity index (χ0) is 17.4. The van der Waals surface area contributed by atoms with Gasteiger partial charge >= 0.3 is 11.9 Å². The van der Waals surface area contributed by atoms with Crippen LogP contribution in [0.5, 0.6) is 0 Å². The number of nitrogen functional groups attached to an aromatic ring is 1. The minimum atomic E-state index is -0.480. The van der Waals surface area contributed by atoms with Crippen LogP contribution in [0, 0.1) is 6.92 Å². The highest BCUT2D eigenvalue weighted by atomic mass is 32.1. The number of carbonyl (C=O) groups excluding carboxylic acids is 2. The van der Waals surface area contributed by atoms with Crippen molar-refractivity contribution in [2.75, 3.05) is 18.9 Å². The molecule has 0 unspecified atom stereocenters. The molecule has 0 saturated heterocycles. The third kappa shape index (κ3) is 2.41. The van der Waals surface area contributed by atoms with Crippen LogP contribution in [0.15, 0.2) is 18.3 Å². The van der Waals surface area contributed by atoms with Crippen molar-refractivity contribution in [3.05, 3.63) is 34.3 Å². The molecule has 3 heterocycles. The second-order valence-electron chi connectivity index (χ2n) is 5.30. The maximum absolute atomic E-state index is 12.5. The van der Waals surface area contributed by atoms with E-state index in [1.54, 1.807) is 13.8 Å². The first kappa shape index (κ1) is 16.3. The lowest BCUT2D eigenvalue weighted by Gasteiger charge is -2.04. The van der Waals surface area contributed by atoms with Gasteiger partial charge in [0.2, 0.25) is 0 Å². The standard InChI is InChI=1S/C17H18N2O4S/c1-4-22-16(20)11-10-8-9(3)6-7-19(10)13-12(18)15(24-14(11)13)17(21)23-5-2/h6-8H,4-5,18H2,1-3H3. The van der Waals surface area contributed by atoms with Gasteiger partial charge in [-0.25, -0.2) is 9.59 Å². The lowest BCUT2D eigenvalue weighted by atomic mass is 10.2. The molecule has 7 heteroatoms. The van der Waals surface area contributed by atoms with Crippen LogP contribution in [-0.4, -0.2) is 29.6 Å². The molecular weight excluding hydrogens is 328 g/mol. The highest BCUT2D eigenvalue weighted by Gasteiger charge is 2.27. The van der Waals surface area contributed by atoms with Crippen LogP contribution in [-0.2, 0) is 9.47 Å². The number of aryl methyl sites for hydroxylation is 1. The normalized spacial score (nSPS) is 11.1. The lowest BCUT2D eigenvalue weighted by Crippen LogP contribution is -2.06. The number of anilines is 1. The summed E-state index contributed by atoms with van der Waals surface area (Å²) in [6.45, 7) is 5.97. The summed E-state index contributed by atoms with van der Waals surface area (Å²) in [4.78, 5) is 24.9. The molecule has 2 N–H and O–H groups in total. The molecule has 0 radical (unpaired) electrons. The van der Waals surface area contributed by atoms with Crippen molar-refractivity contribution in [2.45, 2.75) is 20.8 Å². The highest BCUT2D eigenvalue weighted by molar-refractivity contribution is 7.22. The predicted molar refractivity (Wildman–Crippen MR) is 93.8 cm³/mol. The van der Waals surface area contributed by atoms with E-state index in [9.17, 15) is 9.59 Å². The molecule has 0 bridgehead atoms. The van der Waals surface area contributed by atoms with E-state index in [2.05, 4.69) is 0 Å². The molecule has 0 spiro atoms. The van der Waals surface area contributed by atoms with E-state index in [1.165, 1.54) is 0 Å². The van der Waals surface area contributed by atoms with Gasteiger partial charge in [0.1, 0.15) is 10.4 Å². The van der Waals surface area contributed by atoms with Gasteiger partial charge in [-0.3, -0.25) is 0 Å². The van der Waals surface area contributed by atoms with Crippen LogP contribution in [0.2, 0.25) is 0 Å². The Balaban J connectivity index is 2.35. The molecule has 0 aliphatic carbocycles. The number of nitrogens with zero attached hydrogens (tertiary/aromatic N) is 1. The van der Waals surface area contributed by atoms with Crippen molar-refractivity contribution in [1.29, 1.82) is 0 Å². The Bertz CT molecular complexity index is 955. The van der Waals surface area contributed by atoms with Gasteiger partial charge in [-0.2, -0.15) is 0 Å². The Morgan fingerprint density at radius 3 is 2.54 bits per heavy atom. The van der Waals surface area contributed by atoms with Gasteiger partial charge in [0.25, 0.3) is 0 Å². The van der Waals surface area contributed by atoms with Gasteiger partial charge in [-0.05, 0) is 38.5 Å². The Hall–Kier alpha value is -2.54. The summed E-state index contributed by atoms with van der Waals surface area (Å²) >= 11 is 1.16. The fourth-order valence-electron chi connectivity index (χ4n) is 2.70. The van der Waals surface area contributed by atoms with Crippen LogP contribution in [0.3, 0.4) is 0 Å². The Morgan fingerprint density at radius 1 is 1.21 bits per heavy atom. The third-order valence-electron chi connectivity index (χ3n) is 3.69. The van der Waals surface area contributed by atoms with E-state index in [1.807, 2.05) is 29.7 Å². The Morgan fingerprint density at radius 2 is 1.88 bits per heavy atom. The number of aromatic nitrogens is 1. The number of ether oxygens (including phenoxy) is 2. The molecule has 0 saturated carbocycles. The van der Waals surface area contributed by atoms with Crippen molar-refractivity contribution >= 4 is 44.7 Å². The molecule has 3 aromatic rings. The monoisotopic (exact) mass is 346 g/mol. The average molecular weight is 346 g/mol. The van der Waals surface area contributed by atoms with Gasteiger partial charge in [0, 0.05) is 6.20 Å². The summed E-state index contributed by atoms with van der Waals surface area (Å²) in [5, 5.41) is 0. The number of rotatable bonds is 4. The van der Waals surface area contributed by atoms with Crippen LogP contribution >= 0.6 is 11.3 Å². The third-order valence-corrected chi connectivity index (χ3v) is 4.89. The summed E-state index contributed by atoms with van der Waals surface area (Å²) < 4.78 is 12.7. The van der Waals surface area contributed by atoms with Crippen LogP contribution in [0.1, 0.15) is 39.4 Å². The molecule has 0 aliphatic heterocycles. The van der Waals surface area contributed by atoms with Crippen molar-refractivity contribution in [3.63, 3.8) is 0 Å². The molecular formula is C17H18N2O4S. The SMILES string of the molecule is CCOC(=O)c1sc2c(C(=O)OCC)c3cc(C)ccn3c2c1N. The first-order valence-electron chi connectivity index (χ1n) is 7.66. The summed E-state index contributed by atoms with van der Waals surface area (Å²) in [5.74, 6) is -0.904. The highest BCUT2D eigenvalue weighted by Crippen LogP contribution is 2.40. The van der Waals surface area contributed by atoms with E-state index < -0.39 is 11.9 Å². The number of esters is 2. The summed E-state index contributed by atoms with van der Waals surface area (Å²) in [6.07, 6.45) is 1.84. The van der Waals surface area contributed by atoms with Gasteiger partial charge in [-0.15, -0.1) is 11.3 Å². The molecule has 126 valence electrons. The zero-order valence-electron chi connectivity index (χ0n) is 13.7. The summed E-state index contributed by atoms with van der Waals surface area (Å²) in [5.41, 5.74) is 9.33. The van der Waals surface area contributed by atoms with Crippen molar-refractivity contribution in [2.24, 2.45) is 0 Å². The van der Waals surface area contributed by atoms with E-state index in [0.717, 1.165) is 22.4 Å². The smallest absolute Gasteiger partial charge is 0.350 e. The molecule has 0 aliphatic rings. The van der Waals surface area contributed by atoms with E-state index >= 15 is 0 Å². The second kappa shape index (κ2) is 6.16. The van der Waals surface area contributed by atoms with Crippen molar-refractivity contribution in [1.82, 2.24) is 4.40 Å². The van der Waals surface area contributed by atoms with Crippen LogP contribution in [0.25, 0.3) is 15.7 Å². The molecule has 0 amide bonds. The van der Waals surface area contributed by atoms with Crippen molar-refractivity contribution in [3.8, 4) is 0 Å². The minimum Gasteiger partial charge on any atom is -0.462 e. The predicted octanol–water partition coefficient (Wildman–Crippen LogP) is 3.40. The number of thiophene rings is 1. The second-order valence-corrected chi connectivity index (χ2v) is 6.32. The fraction of sp³-hybridized carbons (Fsp3) is 0.294. The number of fused-ring (bicyclic) bond motifs is 3. The zero-order valence-corrected chi connectivity index (χ0v) is 14.5. The Labute approximate surface area is 142 Å². The fourth-order valence-corrected chi connectivity index (χ4v) is 3.85. The maximum Gasteiger partial charge on any atom is 0.350 e. The van der Waals surface area contributed by atoms with Gasteiger partial charge in [0.15, 0.2) is 0 Å². The number of carbonyl (C=O) groups is 2. The summed E-state index contributed by atoms with van der Waals surface area (Å²) in [7, 11) is 0. The molecule has 0 atom stereocenters. The first-order chi connectivity index (χ1) is 11.5. The molecule has 3 aromatic heterocycles. The van der Waals surface area contributed by atoms with Gasteiger partial charge < -0.3 is 19.6 Å². The van der Waals surface area contributed by atoms with E-state index in [-0.39, 0.29) is 13.2 Å². The first-order valence-corrected chi connectivity index (χ1v) is 8.48. The van der Waals surface area contributed by atoms with Gasteiger partial charge in [-0.1, -0.05) is 0 Å². The molecule has 24 heavy (non-hydrogen) atoms. The Kier molecular flexibility index (Phi) is 4.19. The van der Waals surface area contributed by atoms with Crippen LogP contribution < -0.4 is 5.73 Å². The molecule has 0 aromatic carbocycles. The number of hydrogen-bond acceptors (Lipinski definition) is 6.